The lowest BCUT2D eigenvalue weighted by molar-refractivity contribution is 0.599. The van der Waals surface area contributed by atoms with Gasteiger partial charge in [-0.3, -0.25) is 9.44 Å². The quantitative estimate of drug-likeness (QED) is 0.515. The predicted molar refractivity (Wildman–Crippen MR) is 118 cm³/mol. The highest BCUT2D eigenvalue weighted by atomic mass is 32.2. The molecule has 0 heterocycles. The highest BCUT2D eigenvalue weighted by Crippen LogP contribution is 2.28. The lowest BCUT2D eigenvalue weighted by Crippen LogP contribution is -2.18. The second-order valence-corrected chi connectivity index (χ2v) is 10.3. The number of nitrogens with two attached hydrogens (primary N) is 1. The van der Waals surface area contributed by atoms with Gasteiger partial charge in [0.25, 0.3) is 20.0 Å². The van der Waals surface area contributed by atoms with Gasteiger partial charge in [0.15, 0.2) is 0 Å². The molecule has 0 radical (unpaired) electrons. The van der Waals surface area contributed by atoms with Crippen LogP contribution in [0.1, 0.15) is 16.7 Å². The van der Waals surface area contributed by atoms with E-state index in [0.717, 1.165) is 11.1 Å². The molecular formula is C21H23N3O4S2. The molecule has 0 aliphatic carbocycles. The molecule has 0 saturated heterocycles. The van der Waals surface area contributed by atoms with Gasteiger partial charge in [-0.15, -0.1) is 0 Å². The van der Waals surface area contributed by atoms with Crippen molar-refractivity contribution in [3.8, 4) is 0 Å². The normalized spacial score (nSPS) is 11.8. The summed E-state index contributed by atoms with van der Waals surface area (Å²) in [5.74, 6) is 0. The van der Waals surface area contributed by atoms with Crippen molar-refractivity contribution >= 4 is 31.4 Å². The average molecular weight is 446 g/mol. The molecular weight excluding hydrogens is 422 g/mol. The Kier molecular flexibility index (Phi) is 6.16. The second kappa shape index (κ2) is 8.47. The van der Waals surface area contributed by atoms with Gasteiger partial charge < -0.3 is 5.73 Å². The third-order valence-corrected chi connectivity index (χ3v) is 7.23. The smallest absolute Gasteiger partial charge is 0.261 e. The van der Waals surface area contributed by atoms with Crippen molar-refractivity contribution in [2.24, 2.45) is 5.73 Å². The third kappa shape index (κ3) is 4.99. The van der Waals surface area contributed by atoms with Crippen LogP contribution >= 0.6 is 0 Å². The molecule has 0 amide bonds. The van der Waals surface area contributed by atoms with E-state index in [4.69, 9.17) is 5.73 Å². The molecule has 9 heteroatoms. The fourth-order valence-electron chi connectivity index (χ4n) is 2.73. The predicted octanol–water partition coefficient (Wildman–Crippen LogP) is 3.36. The summed E-state index contributed by atoms with van der Waals surface area (Å²) in [6.07, 6.45) is 0. The van der Waals surface area contributed by atoms with Crippen molar-refractivity contribution in [3.63, 3.8) is 0 Å². The molecule has 0 aromatic heterocycles. The molecule has 158 valence electrons. The number of aryl methyl sites for hydroxylation is 2. The summed E-state index contributed by atoms with van der Waals surface area (Å²) in [6, 6.07) is 17.3. The van der Waals surface area contributed by atoms with Gasteiger partial charge in [-0.2, -0.15) is 0 Å². The Morgan fingerprint density at radius 3 is 1.53 bits per heavy atom. The fraction of sp³-hybridized carbons (Fsp3) is 0.143. The van der Waals surface area contributed by atoms with Crippen molar-refractivity contribution < 1.29 is 16.8 Å². The van der Waals surface area contributed by atoms with E-state index in [1.54, 1.807) is 30.3 Å². The maximum Gasteiger partial charge on any atom is 0.261 e. The lowest BCUT2D eigenvalue weighted by atomic mass is 10.2. The minimum absolute atomic E-state index is 0.0681. The maximum absolute atomic E-state index is 12.8. The SMILES string of the molecule is Cc1ccc(S(=O)(=O)Nc2ccc(CN)cc2NS(=O)(=O)c2ccc(C)cc2)cc1. The minimum Gasteiger partial charge on any atom is -0.326 e. The zero-order valence-electron chi connectivity index (χ0n) is 16.6. The van der Waals surface area contributed by atoms with Crippen LogP contribution in [0.3, 0.4) is 0 Å². The first-order valence-electron chi connectivity index (χ1n) is 9.13. The second-order valence-electron chi connectivity index (χ2n) is 6.92. The highest BCUT2D eigenvalue weighted by Gasteiger charge is 2.20. The van der Waals surface area contributed by atoms with Gasteiger partial charge >= 0.3 is 0 Å². The molecule has 0 spiro atoms. The Labute approximate surface area is 177 Å². The number of benzene rings is 3. The topological polar surface area (TPSA) is 118 Å². The largest absolute Gasteiger partial charge is 0.326 e. The zero-order valence-corrected chi connectivity index (χ0v) is 18.2. The molecule has 3 aromatic carbocycles. The molecule has 0 bridgehead atoms. The Morgan fingerprint density at radius 2 is 1.10 bits per heavy atom. The standard InChI is InChI=1S/C21H23N3O4S2/c1-15-3-8-18(9-4-15)29(25,26)23-20-12-7-17(14-22)13-21(20)24-30(27,28)19-10-5-16(2)6-11-19/h3-13,23-24H,14,22H2,1-2H3. The van der Waals surface area contributed by atoms with Gasteiger partial charge in [0.2, 0.25) is 0 Å². The number of hydrogen-bond acceptors (Lipinski definition) is 5. The summed E-state index contributed by atoms with van der Waals surface area (Å²) in [5, 5.41) is 0. The summed E-state index contributed by atoms with van der Waals surface area (Å²) >= 11 is 0. The van der Waals surface area contributed by atoms with Gasteiger partial charge in [-0.25, -0.2) is 16.8 Å². The molecule has 0 aliphatic rings. The van der Waals surface area contributed by atoms with Crippen molar-refractivity contribution in [1.82, 2.24) is 0 Å². The van der Waals surface area contributed by atoms with E-state index in [0.29, 0.717) is 5.56 Å². The van der Waals surface area contributed by atoms with Gasteiger partial charge in [-0.05, 0) is 55.8 Å². The number of sulfonamides is 2. The van der Waals surface area contributed by atoms with E-state index >= 15 is 0 Å². The lowest BCUT2D eigenvalue weighted by Gasteiger charge is -2.16. The Hall–Kier alpha value is -2.88. The first kappa shape index (κ1) is 21.8. The van der Waals surface area contributed by atoms with Crippen molar-refractivity contribution in [1.29, 1.82) is 0 Å². The first-order valence-corrected chi connectivity index (χ1v) is 12.1. The van der Waals surface area contributed by atoms with Crippen molar-refractivity contribution in [2.45, 2.75) is 30.2 Å². The zero-order chi connectivity index (χ0) is 21.9. The molecule has 3 rings (SSSR count). The average Bonchev–Trinajstić information content (AvgIpc) is 2.69. The van der Waals surface area contributed by atoms with Crippen molar-refractivity contribution in [2.75, 3.05) is 9.44 Å². The number of hydrogen-bond donors (Lipinski definition) is 3. The van der Waals surface area contributed by atoms with Crippen molar-refractivity contribution in [3.05, 3.63) is 83.4 Å². The summed E-state index contributed by atoms with van der Waals surface area (Å²) < 4.78 is 56.1. The van der Waals surface area contributed by atoms with Crippen LogP contribution in [0.5, 0.6) is 0 Å². The first-order chi connectivity index (χ1) is 14.1. The van der Waals surface area contributed by atoms with Crippen LogP contribution in [0, 0.1) is 13.8 Å². The van der Waals surface area contributed by atoms with Gasteiger partial charge in [-0.1, -0.05) is 41.5 Å². The summed E-state index contributed by atoms with van der Waals surface area (Å²) in [7, 11) is -7.84. The van der Waals surface area contributed by atoms with Crippen LogP contribution in [0.15, 0.2) is 76.5 Å². The molecule has 0 saturated carbocycles. The van der Waals surface area contributed by atoms with Crippen LogP contribution in [0.25, 0.3) is 0 Å². The molecule has 3 aromatic rings. The summed E-state index contributed by atoms with van der Waals surface area (Å²) in [6.45, 7) is 3.88. The van der Waals surface area contributed by atoms with E-state index in [9.17, 15) is 16.8 Å². The number of nitrogens with one attached hydrogen (secondary N) is 2. The molecule has 4 N–H and O–H groups in total. The molecule has 0 atom stereocenters. The van der Waals surface area contributed by atoms with E-state index in [1.165, 1.54) is 36.4 Å². The number of rotatable bonds is 7. The molecule has 0 aliphatic heterocycles. The van der Waals surface area contributed by atoms with E-state index in [2.05, 4.69) is 9.44 Å². The van der Waals surface area contributed by atoms with Gasteiger partial charge in [0.05, 0.1) is 21.2 Å². The summed E-state index contributed by atoms with van der Waals surface area (Å²) in [4.78, 5) is 0.141. The van der Waals surface area contributed by atoms with Crippen LogP contribution in [0.4, 0.5) is 11.4 Å². The molecule has 0 unspecified atom stereocenters. The fourth-order valence-corrected chi connectivity index (χ4v) is 4.88. The van der Waals surface area contributed by atoms with Crippen LogP contribution in [0.2, 0.25) is 0 Å². The summed E-state index contributed by atoms with van der Waals surface area (Å²) in [5.41, 5.74) is 8.36. The number of anilines is 2. The van der Waals surface area contributed by atoms with Crippen LogP contribution in [-0.2, 0) is 26.6 Å². The molecule has 0 fully saturated rings. The van der Waals surface area contributed by atoms with E-state index < -0.39 is 20.0 Å². The molecule has 7 nitrogen and oxygen atoms in total. The van der Waals surface area contributed by atoms with Gasteiger partial charge in [0, 0.05) is 6.54 Å². The van der Waals surface area contributed by atoms with Crippen LogP contribution < -0.4 is 15.2 Å². The maximum atomic E-state index is 12.8. The highest BCUT2D eigenvalue weighted by molar-refractivity contribution is 7.93. The van der Waals surface area contributed by atoms with E-state index in [-0.39, 0.29) is 27.7 Å². The van der Waals surface area contributed by atoms with E-state index in [1.807, 2.05) is 13.8 Å². The minimum atomic E-state index is -3.93. The third-order valence-electron chi connectivity index (χ3n) is 4.47. The monoisotopic (exact) mass is 445 g/mol. The van der Waals surface area contributed by atoms with Crippen LogP contribution in [-0.4, -0.2) is 16.8 Å². The Morgan fingerprint density at radius 1 is 0.667 bits per heavy atom. The Bertz CT molecular complexity index is 1250. The molecule has 30 heavy (non-hydrogen) atoms. The Balaban J connectivity index is 1.98. The van der Waals surface area contributed by atoms with Gasteiger partial charge in [0.1, 0.15) is 0 Å².